The second kappa shape index (κ2) is 6.37. The van der Waals surface area contributed by atoms with Gasteiger partial charge >= 0.3 is 12.0 Å². The van der Waals surface area contributed by atoms with E-state index in [-0.39, 0.29) is 24.3 Å². The maximum atomic E-state index is 11.7. The van der Waals surface area contributed by atoms with Gasteiger partial charge in [0.05, 0.1) is 6.42 Å². The molecule has 0 rings (SSSR count). The van der Waals surface area contributed by atoms with Gasteiger partial charge in [0.15, 0.2) is 0 Å². The average molecular weight is 258 g/mol. The molecule has 0 aromatic rings. The molecule has 2 N–H and O–H groups in total. The highest BCUT2D eigenvalue weighted by molar-refractivity contribution is 5.95. The van der Waals surface area contributed by atoms with E-state index in [1.165, 1.54) is 4.90 Å². The number of urea groups is 1. The van der Waals surface area contributed by atoms with Crippen LogP contribution < -0.4 is 5.32 Å². The van der Waals surface area contributed by atoms with Gasteiger partial charge in [-0.1, -0.05) is 20.8 Å². The lowest BCUT2D eigenvalue weighted by Crippen LogP contribution is -2.49. The van der Waals surface area contributed by atoms with Crippen LogP contribution in [0.3, 0.4) is 0 Å². The van der Waals surface area contributed by atoms with Gasteiger partial charge in [-0.05, 0) is 12.3 Å². The van der Waals surface area contributed by atoms with E-state index in [2.05, 4.69) is 5.32 Å². The summed E-state index contributed by atoms with van der Waals surface area (Å²) in [5, 5.41) is 10.6. The summed E-state index contributed by atoms with van der Waals surface area (Å²) in [7, 11) is 1.61. The van der Waals surface area contributed by atoms with Crippen LogP contribution in [0.5, 0.6) is 0 Å². The van der Waals surface area contributed by atoms with Gasteiger partial charge in [-0.2, -0.15) is 0 Å². The molecule has 0 saturated carbocycles. The predicted octanol–water partition coefficient (Wildman–Crippen LogP) is 1.45. The van der Waals surface area contributed by atoms with Crippen LogP contribution in [-0.4, -0.2) is 41.0 Å². The van der Waals surface area contributed by atoms with Crippen molar-refractivity contribution in [1.29, 1.82) is 0 Å². The summed E-state index contributed by atoms with van der Waals surface area (Å²) in [6.07, 6.45) is -0.476. The molecular formula is C12H22N2O4. The first-order valence-electron chi connectivity index (χ1n) is 5.84. The molecule has 0 aromatic heterocycles. The Hall–Kier alpha value is -1.59. The fourth-order valence-electron chi connectivity index (χ4n) is 1.25. The van der Waals surface area contributed by atoms with Gasteiger partial charge in [0.2, 0.25) is 5.91 Å². The van der Waals surface area contributed by atoms with Crippen LogP contribution in [0, 0.1) is 5.41 Å². The number of nitrogens with zero attached hydrogens (tertiary/aromatic N) is 1. The van der Waals surface area contributed by atoms with E-state index in [9.17, 15) is 14.4 Å². The first kappa shape index (κ1) is 16.4. The van der Waals surface area contributed by atoms with Crippen molar-refractivity contribution in [1.82, 2.24) is 10.2 Å². The van der Waals surface area contributed by atoms with Gasteiger partial charge in [-0.15, -0.1) is 0 Å². The Labute approximate surface area is 107 Å². The molecule has 0 radical (unpaired) electrons. The highest BCUT2D eigenvalue weighted by atomic mass is 16.4. The second-order valence-electron chi connectivity index (χ2n) is 5.40. The van der Waals surface area contributed by atoms with Crippen molar-refractivity contribution >= 4 is 17.9 Å². The van der Waals surface area contributed by atoms with E-state index >= 15 is 0 Å². The van der Waals surface area contributed by atoms with E-state index in [0.29, 0.717) is 0 Å². The van der Waals surface area contributed by atoms with Crippen LogP contribution in [0.4, 0.5) is 4.79 Å². The van der Waals surface area contributed by atoms with Gasteiger partial charge < -0.3 is 10.0 Å². The lowest BCUT2D eigenvalue weighted by atomic mass is 9.87. The lowest BCUT2D eigenvalue weighted by molar-refractivity contribution is -0.138. The number of carboxylic acids is 1. The Morgan fingerprint density at radius 1 is 1.22 bits per heavy atom. The van der Waals surface area contributed by atoms with Crippen LogP contribution in [0.2, 0.25) is 0 Å². The molecule has 0 saturated heterocycles. The van der Waals surface area contributed by atoms with Crippen molar-refractivity contribution < 1.29 is 19.5 Å². The molecule has 3 amide bonds. The Balaban J connectivity index is 4.32. The Kier molecular flexibility index (Phi) is 5.81. The monoisotopic (exact) mass is 258 g/mol. The number of carboxylic acid groups (broad SMARTS) is 1. The van der Waals surface area contributed by atoms with Crippen LogP contribution >= 0.6 is 0 Å². The third kappa shape index (κ3) is 5.65. The quantitative estimate of drug-likeness (QED) is 0.799. The maximum absolute atomic E-state index is 11.7. The molecule has 104 valence electrons. The number of hydrogen-bond acceptors (Lipinski definition) is 3. The molecule has 6 heteroatoms. The summed E-state index contributed by atoms with van der Waals surface area (Å²) in [5.41, 5.74) is -0.101. The largest absolute Gasteiger partial charge is 0.481 e. The van der Waals surface area contributed by atoms with Crippen LogP contribution in [0.1, 0.15) is 40.5 Å². The minimum absolute atomic E-state index is 0.0511. The molecule has 1 atom stereocenters. The summed E-state index contributed by atoms with van der Waals surface area (Å²) < 4.78 is 0. The first-order chi connectivity index (χ1) is 8.05. The van der Waals surface area contributed by atoms with Gasteiger partial charge in [0.25, 0.3) is 0 Å². The van der Waals surface area contributed by atoms with E-state index < -0.39 is 17.9 Å². The molecule has 0 aliphatic heterocycles. The minimum Gasteiger partial charge on any atom is -0.481 e. The number of amides is 3. The number of nitrogens with one attached hydrogen (secondary N) is 1. The highest BCUT2D eigenvalue weighted by Gasteiger charge is 2.27. The minimum atomic E-state index is -1.06. The van der Waals surface area contributed by atoms with Crippen molar-refractivity contribution in [3.63, 3.8) is 0 Å². The predicted molar refractivity (Wildman–Crippen MR) is 67.1 cm³/mol. The van der Waals surface area contributed by atoms with Crippen molar-refractivity contribution in [3.8, 4) is 0 Å². The normalized spacial score (nSPS) is 12.7. The molecule has 0 spiro atoms. The van der Waals surface area contributed by atoms with Gasteiger partial charge in [0, 0.05) is 19.5 Å². The Bertz CT molecular complexity index is 333. The zero-order chi connectivity index (χ0) is 14.5. The Morgan fingerprint density at radius 2 is 1.72 bits per heavy atom. The summed E-state index contributed by atoms with van der Waals surface area (Å²) in [6.45, 7) is 7.87. The maximum Gasteiger partial charge on any atom is 0.324 e. The van der Waals surface area contributed by atoms with Crippen molar-refractivity contribution in [2.45, 2.75) is 46.6 Å². The van der Waals surface area contributed by atoms with Crippen LogP contribution in [0.15, 0.2) is 0 Å². The molecule has 0 bridgehead atoms. The molecule has 0 heterocycles. The van der Waals surface area contributed by atoms with E-state index in [4.69, 9.17) is 5.11 Å². The SMILES string of the molecule is CC(N(C)C(=O)NC(=O)CCC(=O)O)C(C)(C)C. The molecule has 0 fully saturated rings. The number of rotatable bonds is 4. The highest BCUT2D eigenvalue weighted by Crippen LogP contribution is 2.22. The van der Waals surface area contributed by atoms with E-state index in [1.807, 2.05) is 27.7 Å². The standard InChI is InChI=1S/C12H22N2O4/c1-8(12(2,3)4)14(5)11(18)13-9(15)6-7-10(16)17/h8H,6-7H2,1-5H3,(H,16,17)(H,13,15,18). The van der Waals surface area contributed by atoms with E-state index in [0.717, 1.165) is 0 Å². The molecule has 1 unspecified atom stereocenters. The number of imide groups is 1. The van der Waals surface area contributed by atoms with Gasteiger partial charge in [-0.25, -0.2) is 4.79 Å². The third-order valence-corrected chi connectivity index (χ3v) is 2.97. The fourth-order valence-corrected chi connectivity index (χ4v) is 1.25. The Morgan fingerprint density at radius 3 is 2.11 bits per heavy atom. The van der Waals surface area contributed by atoms with E-state index in [1.54, 1.807) is 7.05 Å². The molecule has 18 heavy (non-hydrogen) atoms. The molecule has 0 aliphatic carbocycles. The van der Waals surface area contributed by atoms with Crippen molar-refractivity contribution in [2.75, 3.05) is 7.05 Å². The summed E-state index contributed by atoms with van der Waals surface area (Å²) in [5.74, 6) is -1.63. The zero-order valence-corrected chi connectivity index (χ0v) is 11.6. The number of carbonyl (C=O) groups excluding carboxylic acids is 2. The average Bonchev–Trinajstić information content (AvgIpc) is 2.22. The van der Waals surface area contributed by atoms with Crippen molar-refractivity contribution in [3.05, 3.63) is 0 Å². The smallest absolute Gasteiger partial charge is 0.324 e. The van der Waals surface area contributed by atoms with Gasteiger partial charge in [-0.3, -0.25) is 14.9 Å². The molecule has 0 aromatic carbocycles. The molecular weight excluding hydrogens is 236 g/mol. The molecule has 6 nitrogen and oxygen atoms in total. The van der Waals surface area contributed by atoms with Crippen molar-refractivity contribution in [2.24, 2.45) is 5.41 Å². The van der Waals surface area contributed by atoms with Gasteiger partial charge in [0.1, 0.15) is 0 Å². The zero-order valence-electron chi connectivity index (χ0n) is 11.6. The number of aliphatic carboxylic acids is 1. The first-order valence-corrected chi connectivity index (χ1v) is 5.84. The van der Waals surface area contributed by atoms with Crippen LogP contribution in [0.25, 0.3) is 0 Å². The summed E-state index contributed by atoms with van der Waals surface area (Å²) >= 11 is 0. The number of carbonyl (C=O) groups is 3. The molecule has 0 aliphatic rings. The number of hydrogen-bond donors (Lipinski definition) is 2. The van der Waals surface area contributed by atoms with Crippen LogP contribution in [-0.2, 0) is 9.59 Å². The second-order valence-corrected chi connectivity index (χ2v) is 5.40. The third-order valence-electron chi connectivity index (χ3n) is 2.97. The topological polar surface area (TPSA) is 86.7 Å². The fraction of sp³-hybridized carbons (Fsp3) is 0.750. The summed E-state index contributed by atoms with van der Waals surface area (Å²) in [4.78, 5) is 34.8. The lowest BCUT2D eigenvalue weighted by Gasteiger charge is -2.35. The summed E-state index contributed by atoms with van der Waals surface area (Å²) in [6, 6.07) is -0.558.